The predicted octanol–water partition coefficient (Wildman–Crippen LogP) is 2.28. The molecule has 0 aliphatic carbocycles. The quantitative estimate of drug-likeness (QED) is 0.666. The number of hydrazine groups is 1. The van der Waals surface area contributed by atoms with Crippen LogP contribution in [0.15, 0.2) is 10.8 Å². The van der Waals surface area contributed by atoms with E-state index in [1.807, 2.05) is 18.5 Å². The molecule has 0 fully saturated rings. The minimum absolute atomic E-state index is 0.649. The number of halogens is 1. The van der Waals surface area contributed by atoms with Gasteiger partial charge in [-0.3, -0.25) is 0 Å². The maximum absolute atomic E-state index is 5.52. The Bertz CT molecular complexity index is 592. The highest BCUT2D eigenvalue weighted by molar-refractivity contribution is 9.10. The van der Waals surface area contributed by atoms with E-state index in [2.05, 4.69) is 43.3 Å². The zero-order chi connectivity index (χ0) is 14.0. The van der Waals surface area contributed by atoms with Gasteiger partial charge in [-0.1, -0.05) is 13.3 Å². The molecule has 0 aliphatic heterocycles. The Hall–Kier alpha value is -1.47. The fourth-order valence-corrected chi connectivity index (χ4v) is 2.27. The molecule has 2 heterocycles. The van der Waals surface area contributed by atoms with Gasteiger partial charge >= 0.3 is 0 Å². The number of rotatable bonds is 4. The molecule has 0 bridgehead atoms. The maximum Gasteiger partial charge on any atom is 0.162 e. The number of hydrogen-bond acceptors (Lipinski definition) is 5. The molecule has 3 N–H and O–H groups in total. The van der Waals surface area contributed by atoms with Gasteiger partial charge in [-0.25, -0.2) is 20.5 Å². The molecule has 0 unspecified atom stereocenters. The van der Waals surface area contributed by atoms with Gasteiger partial charge in [0.2, 0.25) is 0 Å². The summed E-state index contributed by atoms with van der Waals surface area (Å²) in [5.74, 6) is 6.94. The number of hydrogen-bond donors (Lipinski definition) is 2. The van der Waals surface area contributed by atoms with Crippen LogP contribution in [-0.4, -0.2) is 19.7 Å². The monoisotopic (exact) mass is 324 g/mol. The van der Waals surface area contributed by atoms with Gasteiger partial charge in [0.25, 0.3) is 0 Å². The molecule has 7 heteroatoms. The van der Waals surface area contributed by atoms with Gasteiger partial charge in [-0.2, -0.15) is 5.10 Å². The summed E-state index contributed by atoms with van der Waals surface area (Å²) in [6.45, 7) is 6.06. The standard InChI is InChI=1S/C12H17BrN6/c1-4-5-9-11(17-14)15-6-16-12(9)19-8(3)10(13)7(2)18-19/h6H,4-5,14H2,1-3H3,(H,15,16,17). The van der Waals surface area contributed by atoms with Crippen LogP contribution in [0.3, 0.4) is 0 Å². The molecule has 0 radical (unpaired) electrons. The third-order valence-electron chi connectivity index (χ3n) is 2.96. The Labute approximate surface area is 120 Å². The lowest BCUT2D eigenvalue weighted by Crippen LogP contribution is -2.15. The van der Waals surface area contributed by atoms with E-state index in [-0.39, 0.29) is 0 Å². The van der Waals surface area contributed by atoms with Crippen LogP contribution < -0.4 is 11.3 Å². The van der Waals surface area contributed by atoms with Crippen molar-refractivity contribution in [3.8, 4) is 5.82 Å². The number of nitrogen functional groups attached to an aromatic ring is 1. The van der Waals surface area contributed by atoms with E-state index in [0.29, 0.717) is 5.82 Å². The second kappa shape index (κ2) is 5.66. The molecule has 19 heavy (non-hydrogen) atoms. The van der Waals surface area contributed by atoms with Gasteiger partial charge in [0, 0.05) is 5.56 Å². The molecule has 102 valence electrons. The molecule has 0 spiro atoms. The summed E-state index contributed by atoms with van der Waals surface area (Å²) >= 11 is 3.53. The van der Waals surface area contributed by atoms with Gasteiger partial charge in [0.1, 0.15) is 12.1 Å². The smallest absolute Gasteiger partial charge is 0.162 e. The van der Waals surface area contributed by atoms with Crippen LogP contribution in [0.4, 0.5) is 5.82 Å². The average molecular weight is 325 g/mol. The number of nitrogens with zero attached hydrogens (tertiary/aromatic N) is 4. The Balaban J connectivity index is 2.64. The second-order valence-electron chi connectivity index (χ2n) is 4.32. The molecule has 0 amide bonds. The highest BCUT2D eigenvalue weighted by Gasteiger charge is 2.17. The fraction of sp³-hybridized carbons (Fsp3) is 0.417. The Morgan fingerprint density at radius 1 is 1.37 bits per heavy atom. The van der Waals surface area contributed by atoms with Gasteiger partial charge in [0.05, 0.1) is 15.9 Å². The SMILES string of the molecule is CCCc1c(NN)ncnc1-n1nc(C)c(Br)c1C. The van der Waals surface area contributed by atoms with E-state index < -0.39 is 0 Å². The summed E-state index contributed by atoms with van der Waals surface area (Å²) in [4.78, 5) is 8.53. The number of nitrogens with two attached hydrogens (primary N) is 1. The molecule has 0 saturated heterocycles. The first-order chi connectivity index (χ1) is 9.10. The van der Waals surface area contributed by atoms with Crippen molar-refractivity contribution in [2.24, 2.45) is 5.84 Å². The molecular weight excluding hydrogens is 308 g/mol. The van der Waals surface area contributed by atoms with Gasteiger partial charge in [-0.15, -0.1) is 0 Å². The zero-order valence-corrected chi connectivity index (χ0v) is 12.8. The second-order valence-corrected chi connectivity index (χ2v) is 5.11. The van der Waals surface area contributed by atoms with Crippen molar-refractivity contribution in [1.82, 2.24) is 19.7 Å². The topological polar surface area (TPSA) is 81.6 Å². The number of anilines is 1. The van der Waals surface area contributed by atoms with E-state index in [0.717, 1.165) is 40.1 Å². The normalized spacial score (nSPS) is 10.8. The van der Waals surface area contributed by atoms with Gasteiger partial charge in [-0.05, 0) is 36.2 Å². The summed E-state index contributed by atoms with van der Waals surface area (Å²) in [7, 11) is 0. The number of nitrogens with one attached hydrogen (secondary N) is 1. The Morgan fingerprint density at radius 3 is 2.63 bits per heavy atom. The van der Waals surface area contributed by atoms with E-state index in [9.17, 15) is 0 Å². The summed E-state index contributed by atoms with van der Waals surface area (Å²) in [5.41, 5.74) is 5.55. The fourth-order valence-electron chi connectivity index (χ4n) is 2.02. The first-order valence-electron chi connectivity index (χ1n) is 6.12. The van der Waals surface area contributed by atoms with Crippen molar-refractivity contribution in [2.45, 2.75) is 33.6 Å². The van der Waals surface area contributed by atoms with Crippen LogP contribution in [0, 0.1) is 13.8 Å². The van der Waals surface area contributed by atoms with Gasteiger partial charge < -0.3 is 5.43 Å². The third kappa shape index (κ3) is 2.48. The van der Waals surface area contributed by atoms with E-state index >= 15 is 0 Å². The van der Waals surface area contributed by atoms with E-state index in [1.54, 1.807) is 0 Å². The lowest BCUT2D eigenvalue weighted by molar-refractivity contribution is 0.772. The van der Waals surface area contributed by atoms with Crippen molar-refractivity contribution in [3.63, 3.8) is 0 Å². The van der Waals surface area contributed by atoms with Crippen LogP contribution >= 0.6 is 15.9 Å². The largest absolute Gasteiger partial charge is 0.308 e. The van der Waals surface area contributed by atoms with Crippen LogP contribution in [0.1, 0.15) is 30.3 Å². The van der Waals surface area contributed by atoms with Crippen molar-refractivity contribution in [2.75, 3.05) is 5.43 Å². The first-order valence-corrected chi connectivity index (χ1v) is 6.92. The van der Waals surface area contributed by atoms with Crippen LogP contribution in [0.5, 0.6) is 0 Å². The lowest BCUT2D eigenvalue weighted by Gasteiger charge is -2.12. The molecule has 0 atom stereocenters. The first kappa shape index (κ1) is 14.0. The van der Waals surface area contributed by atoms with Crippen LogP contribution in [-0.2, 0) is 6.42 Å². The van der Waals surface area contributed by atoms with Crippen molar-refractivity contribution < 1.29 is 0 Å². The minimum Gasteiger partial charge on any atom is -0.308 e. The Morgan fingerprint density at radius 2 is 2.11 bits per heavy atom. The maximum atomic E-state index is 5.52. The highest BCUT2D eigenvalue weighted by atomic mass is 79.9. The van der Waals surface area contributed by atoms with Crippen LogP contribution in [0.2, 0.25) is 0 Å². The molecule has 6 nitrogen and oxygen atoms in total. The summed E-state index contributed by atoms with van der Waals surface area (Å²) in [6, 6.07) is 0. The van der Waals surface area contributed by atoms with E-state index in [1.165, 1.54) is 6.33 Å². The third-order valence-corrected chi connectivity index (χ3v) is 4.11. The van der Waals surface area contributed by atoms with E-state index in [4.69, 9.17) is 5.84 Å². The minimum atomic E-state index is 0.649. The summed E-state index contributed by atoms with van der Waals surface area (Å²) in [5, 5.41) is 4.51. The van der Waals surface area contributed by atoms with Crippen molar-refractivity contribution >= 4 is 21.7 Å². The molecule has 0 saturated carbocycles. The van der Waals surface area contributed by atoms with Crippen LogP contribution in [0.25, 0.3) is 5.82 Å². The van der Waals surface area contributed by atoms with Crippen molar-refractivity contribution in [1.29, 1.82) is 0 Å². The Kier molecular flexibility index (Phi) is 4.16. The number of aromatic nitrogens is 4. The highest BCUT2D eigenvalue weighted by Crippen LogP contribution is 2.26. The molecule has 0 aliphatic rings. The summed E-state index contributed by atoms with van der Waals surface area (Å²) < 4.78 is 2.82. The predicted molar refractivity (Wildman–Crippen MR) is 78.1 cm³/mol. The number of aryl methyl sites for hydroxylation is 1. The average Bonchev–Trinajstić information content (AvgIpc) is 2.67. The lowest BCUT2D eigenvalue weighted by atomic mass is 10.1. The van der Waals surface area contributed by atoms with Crippen molar-refractivity contribution in [3.05, 3.63) is 27.8 Å². The summed E-state index contributed by atoms with van der Waals surface area (Å²) in [6.07, 6.45) is 3.31. The molecule has 2 aromatic heterocycles. The molecular formula is C12H17BrN6. The molecule has 2 rings (SSSR count). The van der Waals surface area contributed by atoms with Gasteiger partial charge in [0.15, 0.2) is 5.82 Å². The molecule has 0 aromatic carbocycles. The molecule has 2 aromatic rings. The zero-order valence-electron chi connectivity index (χ0n) is 11.2.